The molecule has 2 atom stereocenters. The fourth-order valence-electron chi connectivity index (χ4n) is 2.50. The number of nitrogens with one attached hydrogen (secondary N) is 2. The SMILES string of the molecule is CC(C)CCNC(C)Cc1ccc2c(c1)NCC(C)O2. The van der Waals surface area contributed by atoms with E-state index in [9.17, 15) is 0 Å². The number of fused-ring (bicyclic) bond motifs is 1. The predicted molar refractivity (Wildman–Crippen MR) is 85.6 cm³/mol. The van der Waals surface area contributed by atoms with Gasteiger partial charge in [-0.15, -0.1) is 0 Å². The van der Waals surface area contributed by atoms with Crippen molar-refractivity contribution in [1.82, 2.24) is 5.32 Å². The molecular weight excluding hydrogens is 248 g/mol. The first-order valence-electron chi connectivity index (χ1n) is 7.81. The van der Waals surface area contributed by atoms with Crippen molar-refractivity contribution >= 4 is 5.69 Å². The summed E-state index contributed by atoms with van der Waals surface area (Å²) >= 11 is 0. The molecule has 0 saturated heterocycles. The normalized spacial score (nSPS) is 19.1. The van der Waals surface area contributed by atoms with Crippen LogP contribution in [0, 0.1) is 5.92 Å². The molecule has 0 aromatic heterocycles. The van der Waals surface area contributed by atoms with Gasteiger partial charge in [0, 0.05) is 6.04 Å². The summed E-state index contributed by atoms with van der Waals surface area (Å²) in [4.78, 5) is 0. The highest BCUT2D eigenvalue weighted by Gasteiger charge is 2.15. The number of hydrogen-bond acceptors (Lipinski definition) is 3. The first-order valence-corrected chi connectivity index (χ1v) is 7.81. The lowest BCUT2D eigenvalue weighted by Gasteiger charge is -2.25. The molecule has 0 fully saturated rings. The molecule has 1 aromatic rings. The van der Waals surface area contributed by atoms with E-state index in [0.717, 1.165) is 36.9 Å². The summed E-state index contributed by atoms with van der Waals surface area (Å²) in [5, 5.41) is 7.04. The molecule has 0 radical (unpaired) electrons. The minimum Gasteiger partial charge on any atom is -0.487 e. The summed E-state index contributed by atoms with van der Waals surface area (Å²) < 4.78 is 5.80. The van der Waals surface area contributed by atoms with Crippen molar-refractivity contribution in [2.45, 2.75) is 52.7 Å². The van der Waals surface area contributed by atoms with Crippen LogP contribution in [-0.2, 0) is 6.42 Å². The molecule has 112 valence electrons. The van der Waals surface area contributed by atoms with E-state index < -0.39 is 0 Å². The molecule has 3 nitrogen and oxygen atoms in total. The molecule has 1 aromatic carbocycles. The van der Waals surface area contributed by atoms with Crippen LogP contribution in [0.3, 0.4) is 0 Å². The van der Waals surface area contributed by atoms with Gasteiger partial charge >= 0.3 is 0 Å². The lowest BCUT2D eigenvalue weighted by molar-refractivity contribution is 0.226. The Balaban J connectivity index is 1.87. The summed E-state index contributed by atoms with van der Waals surface area (Å²) in [5.41, 5.74) is 2.49. The molecule has 1 heterocycles. The summed E-state index contributed by atoms with van der Waals surface area (Å²) in [6, 6.07) is 7.00. The zero-order chi connectivity index (χ0) is 14.5. The van der Waals surface area contributed by atoms with Crippen molar-refractivity contribution in [3.63, 3.8) is 0 Å². The Morgan fingerprint density at radius 1 is 1.35 bits per heavy atom. The van der Waals surface area contributed by atoms with E-state index in [1.807, 2.05) is 0 Å². The van der Waals surface area contributed by atoms with Crippen LogP contribution in [0.4, 0.5) is 5.69 Å². The third kappa shape index (κ3) is 4.41. The Morgan fingerprint density at radius 2 is 2.15 bits per heavy atom. The van der Waals surface area contributed by atoms with Crippen LogP contribution in [-0.4, -0.2) is 25.2 Å². The van der Waals surface area contributed by atoms with Crippen LogP contribution >= 0.6 is 0 Å². The highest BCUT2D eigenvalue weighted by Crippen LogP contribution is 2.30. The predicted octanol–water partition coefficient (Wildman–Crippen LogP) is 3.45. The molecule has 3 heteroatoms. The molecule has 0 aliphatic carbocycles. The maximum absolute atomic E-state index is 5.80. The molecule has 0 bridgehead atoms. The second-order valence-electron chi connectivity index (χ2n) is 6.38. The fraction of sp³-hybridized carbons (Fsp3) is 0.647. The fourth-order valence-corrected chi connectivity index (χ4v) is 2.50. The monoisotopic (exact) mass is 276 g/mol. The van der Waals surface area contributed by atoms with E-state index in [2.05, 4.69) is 56.5 Å². The molecule has 1 aliphatic rings. The number of hydrogen-bond donors (Lipinski definition) is 2. The van der Waals surface area contributed by atoms with E-state index in [1.54, 1.807) is 0 Å². The number of ether oxygens (including phenoxy) is 1. The van der Waals surface area contributed by atoms with Crippen LogP contribution in [0.15, 0.2) is 18.2 Å². The van der Waals surface area contributed by atoms with Gasteiger partial charge in [-0.05, 0) is 56.8 Å². The average Bonchev–Trinajstić information content (AvgIpc) is 2.38. The van der Waals surface area contributed by atoms with E-state index in [-0.39, 0.29) is 6.10 Å². The smallest absolute Gasteiger partial charge is 0.142 e. The minimum absolute atomic E-state index is 0.255. The van der Waals surface area contributed by atoms with Gasteiger partial charge in [0.15, 0.2) is 0 Å². The maximum Gasteiger partial charge on any atom is 0.142 e. The maximum atomic E-state index is 5.80. The van der Waals surface area contributed by atoms with Gasteiger partial charge in [0.05, 0.1) is 12.2 Å². The molecule has 0 amide bonds. The van der Waals surface area contributed by atoms with Crippen LogP contribution in [0.25, 0.3) is 0 Å². The minimum atomic E-state index is 0.255. The van der Waals surface area contributed by atoms with Gasteiger partial charge in [0.2, 0.25) is 0 Å². The molecule has 2 rings (SSSR count). The second kappa shape index (κ2) is 6.98. The van der Waals surface area contributed by atoms with Crippen molar-refractivity contribution in [1.29, 1.82) is 0 Å². The van der Waals surface area contributed by atoms with Crippen molar-refractivity contribution in [3.8, 4) is 5.75 Å². The van der Waals surface area contributed by atoms with Gasteiger partial charge in [-0.2, -0.15) is 0 Å². The molecule has 20 heavy (non-hydrogen) atoms. The lowest BCUT2D eigenvalue weighted by Crippen LogP contribution is -2.30. The third-order valence-corrected chi connectivity index (χ3v) is 3.71. The largest absolute Gasteiger partial charge is 0.487 e. The van der Waals surface area contributed by atoms with Crippen LogP contribution in [0.2, 0.25) is 0 Å². The van der Waals surface area contributed by atoms with Crippen molar-refractivity contribution in [2.24, 2.45) is 5.92 Å². The topological polar surface area (TPSA) is 33.3 Å². The molecular formula is C17H28N2O. The first kappa shape index (κ1) is 15.2. The van der Waals surface area contributed by atoms with Crippen LogP contribution in [0.1, 0.15) is 39.7 Å². The van der Waals surface area contributed by atoms with Gasteiger partial charge in [-0.25, -0.2) is 0 Å². The molecule has 0 spiro atoms. The summed E-state index contributed by atoms with van der Waals surface area (Å²) in [6.07, 6.45) is 2.55. The lowest BCUT2D eigenvalue weighted by atomic mass is 10.0. The highest BCUT2D eigenvalue weighted by atomic mass is 16.5. The molecule has 2 N–H and O–H groups in total. The second-order valence-corrected chi connectivity index (χ2v) is 6.38. The average molecular weight is 276 g/mol. The quantitative estimate of drug-likeness (QED) is 0.835. The summed E-state index contributed by atoms with van der Waals surface area (Å²) in [5.74, 6) is 1.75. The van der Waals surface area contributed by atoms with Gasteiger partial charge in [0.25, 0.3) is 0 Å². The Kier molecular flexibility index (Phi) is 5.30. The Bertz CT molecular complexity index is 431. The summed E-state index contributed by atoms with van der Waals surface area (Å²) in [6.45, 7) is 10.9. The molecule has 2 unspecified atom stereocenters. The number of anilines is 1. The van der Waals surface area contributed by atoms with E-state index in [0.29, 0.717) is 6.04 Å². The van der Waals surface area contributed by atoms with E-state index in [1.165, 1.54) is 12.0 Å². The Labute approximate surface area is 123 Å². The zero-order valence-electron chi connectivity index (χ0n) is 13.2. The van der Waals surface area contributed by atoms with Crippen LogP contribution in [0.5, 0.6) is 5.75 Å². The zero-order valence-corrected chi connectivity index (χ0v) is 13.2. The van der Waals surface area contributed by atoms with Gasteiger partial charge < -0.3 is 15.4 Å². The van der Waals surface area contributed by atoms with Gasteiger partial charge in [0.1, 0.15) is 11.9 Å². The standard InChI is InChI=1S/C17H28N2O/c1-12(2)7-8-18-13(3)9-15-5-6-17-16(10-15)19-11-14(4)20-17/h5-6,10,12-14,18-19H,7-9,11H2,1-4H3. The highest BCUT2D eigenvalue weighted by molar-refractivity contribution is 5.59. The van der Waals surface area contributed by atoms with Crippen molar-refractivity contribution in [2.75, 3.05) is 18.4 Å². The van der Waals surface area contributed by atoms with E-state index >= 15 is 0 Å². The first-order chi connectivity index (χ1) is 9.54. The Hall–Kier alpha value is -1.22. The summed E-state index contributed by atoms with van der Waals surface area (Å²) in [7, 11) is 0. The third-order valence-electron chi connectivity index (χ3n) is 3.71. The molecule has 1 aliphatic heterocycles. The van der Waals surface area contributed by atoms with Crippen molar-refractivity contribution in [3.05, 3.63) is 23.8 Å². The van der Waals surface area contributed by atoms with E-state index in [4.69, 9.17) is 4.74 Å². The number of rotatable bonds is 6. The van der Waals surface area contributed by atoms with Gasteiger partial charge in [-0.1, -0.05) is 19.9 Å². The molecule has 0 saturated carbocycles. The van der Waals surface area contributed by atoms with Gasteiger partial charge in [-0.3, -0.25) is 0 Å². The van der Waals surface area contributed by atoms with Crippen LogP contribution < -0.4 is 15.4 Å². The Morgan fingerprint density at radius 3 is 2.90 bits per heavy atom. The number of benzene rings is 1. The van der Waals surface area contributed by atoms with Crippen molar-refractivity contribution < 1.29 is 4.74 Å².